The van der Waals surface area contributed by atoms with Crippen LogP contribution in [0.4, 0.5) is 0 Å². The summed E-state index contributed by atoms with van der Waals surface area (Å²) in [6.45, 7) is 3.68. The molecule has 0 radical (unpaired) electrons. The maximum atomic E-state index is 13.4. The third-order valence-electron chi connectivity index (χ3n) is 4.77. The number of benzene rings is 2. The Balaban J connectivity index is 1.78. The Labute approximate surface area is 183 Å². The van der Waals surface area contributed by atoms with Gasteiger partial charge in [0.1, 0.15) is 0 Å². The summed E-state index contributed by atoms with van der Waals surface area (Å²) in [5.74, 6) is -1.02. The second kappa shape index (κ2) is 8.57. The second-order valence-corrected chi connectivity index (χ2v) is 7.19. The van der Waals surface area contributed by atoms with Crippen LogP contribution in [0.25, 0.3) is 11.4 Å². The van der Waals surface area contributed by atoms with Crippen molar-refractivity contribution in [1.82, 2.24) is 19.6 Å². The van der Waals surface area contributed by atoms with Gasteiger partial charge in [-0.15, -0.1) is 0 Å². The average molecular weight is 435 g/mol. The van der Waals surface area contributed by atoms with E-state index in [9.17, 15) is 9.59 Å². The number of para-hydroxylation sites is 1. The molecule has 2 heterocycles. The molecule has 0 bridgehead atoms. The fourth-order valence-electron chi connectivity index (χ4n) is 3.22. The number of halogens is 1. The highest BCUT2D eigenvalue weighted by Crippen LogP contribution is 2.22. The first-order valence-corrected chi connectivity index (χ1v) is 10.0. The molecule has 0 unspecified atom stereocenters. The molecule has 156 valence electrons. The lowest BCUT2D eigenvalue weighted by molar-refractivity contribution is 0.0516. The summed E-state index contributed by atoms with van der Waals surface area (Å²) >= 11 is 5.96. The van der Waals surface area contributed by atoms with Gasteiger partial charge in [0.15, 0.2) is 5.69 Å². The normalized spacial score (nSPS) is 10.8. The van der Waals surface area contributed by atoms with Crippen LogP contribution in [-0.2, 0) is 4.74 Å². The number of nitrogens with zero attached hydrogens (tertiary/aromatic N) is 4. The quantitative estimate of drug-likeness (QED) is 0.331. The van der Waals surface area contributed by atoms with E-state index in [1.807, 2.05) is 30.3 Å². The van der Waals surface area contributed by atoms with Crippen molar-refractivity contribution < 1.29 is 14.3 Å². The van der Waals surface area contributed by atoms with Gasteiger partial charge in [-0.25, -0.2) is 14.2 Å². The van der Waals surface area contributed by atoms with Crippen molar-refractivity contribution in [2.24, 2.45) is 0 Å². The van der Waals surface area contributed by atoms with Gasteiger partial charge in [-0.1, -0.05) is 29.8 Å². The first-order valence-electron chi connectivity index (χ1n) is 9.67. The van der Waals surface area contributed by atoms with E-state index in [-0.39, 0.29) is 23.6 Å². The molecule has 0 saturated carbocycles. The first kappa shape index (κ1) is 20.6. The highest BCUT2D eigenvalue weighted by Gasteiger charge is 2.27. The Morgan fingerprint density at radius 2 is 1.71 bits per heavy atom. The van der Waals surface area contributed by atoms with Crippen LogP contribution in [0.2, 0.25) is 5.02 Å². The smallest absolute Gasteiger partial charge is 0.359 e. The molecule has 2 aromatic heterocycles. The molecular formula is C23H19ClN4O3. The predicted octanol–water partition coefficient (Wildman–Crippen LogP) is 4.43. The molecule has 4 rings (SSSR count). The Morgan fingerprint density at radius 3 is 2.39 bits per heavy atom. The number of carbonyl (C=O) groups is 2. The van der Waals surface area contributed by atoms with Crippen LogP contribution in [0.1, 0.15) is 39.0 Å². The highest BCUT2D eigenvalue weighted by atomic mass is 35.5. The summed E-state index contributed by atoms with van der Waals surface area (Å²) in [6, 6.07) is 16.4. The highest BCUT2D eigenvalue weighted by molar-refractivity contribution is 6.30. The topological polar surface area (TPSA) is 79.0 Å². The summed E-state index contributed by atoms with van der Waals surface area (Å²) in [7, 11) is 0. The fourth-order valence-corrected chi connectivity index (χ4v) is 3.35. The molecule has 31 heavy (non-hydrogen) atoms. The monoisotopic (exact) mass is 434 g/mol. The summed E-state index contributed by atoms with van der Waals surface area (Å²) in [5, 5.41) is 9.25. The van der Waals surface area contributed by atoms with Crippen LogP contribution in [0.3, 0.4) is 0 Å². The molecule has 0 aliphatic rings. The molecular weight excluding hydrogens is 416 g/mol. The van der Waals surface area contributed by atoms with E-state index in [2.05, 4.69) is 10.2 Å². The minimum absolute atomic E-state index is 0.0475. The molecule has 8 heteroatoms. The van der Waals surface area contributed by atoms with Crippen LogP contribution in [0.15, 0.2) is 67.0 Å². The van der Waals surface area contributed by atoms with Crippen molar-refractivity contribution in [2.45, 2.75) is 13.8 Å². The van der Waals surface area contributed by atoms with E-state index in [4.69, 9.17) is 16.3 Å². The number of carbonyl (C=O) groups excluding carboxylic acids is 2. The van der Waals surface area contributed by atoms with Crippen molar-refractivity contribution in [2.75, 3.05) is 6.61 Å². The van der Waals surface area contributed by atoms with E-state index in [1.165, 1.54) is 17.1 Å². The van der Waals surface area contributed by atoms with E-state index in [0.717, 1.165) is 5.69 Å². The van der Waals surface area contributed by atoms with E-state index in [1.54, 1.807) is 42.8 Å². The SMILES string of the molecule is CCOC(=O)c1nn(-c2ccc(Cl)cc2)cc1C(=O)c1cnn(-c2ccccc2)c1C. The van der Waals surface area contributed by atoms with Gasteiger partial charge in [0, 0.05) is 11.2 Å². The Kier molecular flexibility index (Phi) is 5.68. The first-order chi connectivity index (χ1) is 15.0. The lowest BCUT2D eigenvalue weighted by Gasteiger charge is -2.05. The zero-order chi connectivity index (χ0) is 22.0. The summed E-state index contributed by atoms with van der Waals surface area (Å²) in [4.78, 5) is 25.9. The minimum Gasteiger partial charge on any atom is -0.461 e. The standard InChI is InChI=1S/C23H19ClN4O3/c1-3-31-23(30)21-20(14-27(26-21)17-11-9-16(24)10-12-17)22(29)19-13-25-28(15(19)2)18-7-5-4-6-8-18/h4-14H,3H2,1-2H3. The van der Waals surface area contributed by atoms with E-state index in [0.29, 0.717) is 22.0 Å². The number of ether oxygens (including phenoxy) is 1. The number of hydrogen-bond donors (Lipinski definition) is 0. The average Bonchev–Trinajstić information content (AvgIpc) is 3.39. The third-order valence-corrected chi connectivity index (χ3v) is 5.03. The maximum absolute atomic E-state index is 13.4. The molecule has 0 fully saturated rings. The molecule has 0 N–H and O–H groups in total. The minimum atomic E-state index is -0.660. The van der Waals surface area contributed by atoms with Gasteiger partial charge in [-0.05, 0) is 50.2 Å². The molecule has 2 aromatic carbocycles. The van der Waals surface area contributed by atoms with Gasteiger partial charge in [-0.2, -0.15) is 10.2 Å². The van der Waals surface area contributed by atoms with Gasteiger partial charge in [0.25, 0.3) is 0 Å². The summed E-state index contributed by atoms with van der Waals surface area (Å²) in [6.07, 6.45) is 3.02. The van der Waals surface area contributed by atoms with Crippen molar-refractivity contribution in [3.05, 3.63) is 94.5 Å². The Morgan fingerprint density at radius 1 is 1.00 bits per heavy atom. The number of rotatable bonds is 6. The van der Waals surface area contributed by atoms with Gasteiger partial charge in [0.05, 0.1) is 41.0 Å². The molecule has 0 saturated heterocycles. The van der Waals surface area contributed by atoms with Gasteiger partial charge in [-0.3, -0.25) is 4.79 Å². The largest absolute Gasteiger partial charge is 0.461 e. The van der Waals surface area contributed by atoms with Crippen molar-refractivity contribution >= 4 is 23.4 Å². The molecule has 0 aliphatic heterocycles. The number of ketones is 1. The van der Waals surface area contributed by atoms with Gasteiger partial charge < -0.3 is 4.74 Å². The number of esters is 1. The Hall–Kier alpha value is -3.71. The van der Waals surface area contributed by atoms with Crippen LogP contribution >= 0.6 is 11.6 Å². The lowest BCUT2D eigenvalue weighted by Crippen LogP contribution is -2.12. The molecule has 4 aromatic rings. The van der Waals surface area contributed by atoms with Gasteiger partial charge in [0.2, 0.25) is 5.78 Å². The Bertz CT molecular complexity index is 1240. The van der Waals surface area contributed by atoms with Crippen LogP contribution in [0, 0.1) is 6.92 Å². The molecule has 7 nitrogen and oxygen atoms in total. The summed E-state index contributed by atoms with van der Waals surface area (Å²) < 4.78 is 8.27. The zero-order valence-electron chi connectivity index (χ0n) is 16.9. The lowest BCUT2D eigenvalue weighted by atomic mass is 10.0. The second-order valence-electron chi connectivity index (χ2n) is 6.75. The van der Waals surface area contributed by atoms with Crippen LogP contribution in [0.5, 0.6) is 0 Å². The summed E-state index contributed by atoms with van der Waals surface area (Å²) in [5.41, 5.74) is 2.63. The predicted molar refractivity (Wildman–Crippen MR) is 116 cm³/mol. The van der Waals surface area contributed by atoms with E-state index < -0.39 is 5.97 Å². The number of hydrogen-bond acceptors (Lipinski definition) is 5. The van der Waals surface area contributed by atoms with Crippen LogP contribution in [-0.4, -0.2) is 37.9 Å². The van der Waals surface area contributed by atoms with Crippen molar-refractivity contribution in [1.29, 1.82) is 0 Å². The van der Waals surface area contributed by atoms with Crippen molar-refractivity contribution in [3.63, 3.8) is 0 Å². The molecule has 0 amide bonds. The maximum Gasteiger partial charge on any atom is 0.359 e. The molecule has 0 atom stereocenters. The molecule has 0 spiro atoms. The number of aromatic nitrogens is 4. The van der Waals surface area contributed by atoms with Gasteiger partial charge >= 0.3 is 5.97 Å². The van der Waals surface area contributed by atoms with Crippen molar-refractivity contribution in [3.8, 4) is 11.4 Å². The fraction of sp³-hybridized carbons (Fsp3) is 0.130. The zero-order valence-corrected chi connectivity index (χ0v) is 17.7. The van der Waals surface area contributed by atoms with E-state index >= 15 is 0 Å². The van der Waals surface area contributed by atoms with Crippen LogP contribution < -0.4 is 0 Å². The third kappa shape index (κ3) is 4.00. The molecule has 0 aliphatic carbocycles.